The lowest BCUT2D eigenvalue weighted by Crippen LogP contribution is -2.36. The Morgan fingerprint density at radius 1 is 1.40 bits per heavy atom. The number of aliphatic hydroxyl groups excluding tert-OH is 1. The lowest BCUT2D eigenvalue weighted by atomic mass is 10.0. The molecule has 1 aliphatic heterocycles. The molecule has 0 saturated carbocycles. The van der Waals surface area contributed by atoms with Gasteiger partial charge in [-0.15, -0.1) is 0 Å². The first-order chi connectivity index (χ1) is 9.69. The zero-order valence-electron chi connectivity index (χ0n) is 11.0. The van der Waals surface area contributed by atoms with Crippen LogP contribution in [0.3, 0.4) is 0 Å². The van der Waals surface area contributed by atoms with Crippen LogP contribution in [0.25, 0.3) is 0 Å². The molecule has 0 unspecified atom stereocenters. The van der Waals surface area contributed by atoms with Crippen molar-refractivity contribution in [3.05, 3.63) is 47.9 Å². The molecular weight excluding hydrogens is 258 g/mol. The van der Waals surface area contributed by atoms with Crippen LogP contribution in [0.2, 0.25) is 0 Å². The van der Waals surface area contributed by atoms with Crippen LogP contribution in [-0.2, 0) is 4.79 Å². The summed E-state index contributed by atoms with van der Waals surface area (Å²) in [5.41, 5.74) is 1.21. The van der Waals surface area contributed by atoms with Crippen molar-refractivity contribution in [3.63, 3.8) is 0 Å². The maximum Gasteiger partial charge on any atom is 0.265 e. The van der Waals surface area contributed by atoms with Crippen molar-refractivity contribution in [3.8, 4) is 5.75 Å². The van der Waals surface area contributed by atoms with Crippen molar-refractivity contribution in [2.75, 3.05) is 5.32 Å². The van der Waals surface area contributed by atoms with Gasteiger partial charge in [-0.3, -0.25) is 4.79 Å². The monoisotopic (exact) mass is 273 g/mol. The van der Waals surface area contributed by atoms with Crippen molar-refractivity contribution < 1.29 is 19.1 Å². The zero-order valence-corrected chi connectivity index (χ0v) is 11.0. The van der Waals surface area contributed by atoms with Gasteiger partial charge in [-0.25, -0.2) is 0 Å². The fourth-order valence-corrected chi connectivity index (χ4v) is 2.22. The highest BCUT2D eigenvalue weighted by Gasteiger charge is 2.27. The zero-order chi connectivity index (χ0) is 14.1. The number of carbonyl (C=O) groups excluding carboxylic acids is 1. The molecule has 104 valence electrons. The van der Waals surface area contributed by atoms with Crippen LogP contribution < -0.4 is 10.1 Å². The number of hydrogen-bond acceptors (Lipinski definition) is 4. The minimum absolute atomic E-state index is 0.162. The Kier molecular flexibility index (Phi) is 3.20. The molecule has 0 spiro atoms. The molecule has 1 aliphatic rings. The van der Waals surface area contributed by atoms with Gasteiger partial charge in [0.05, 0.1) is 12.0 Å². The number of rotatable bonds is 3. The number of ether oxygens (including phenoxy) is 1. The highest BCUT2D eigenvalue weighted by molar-refractivity contribution is 5.97. The first kappa shape index (κ1) is 12.7. The van der Waals surface area contributed by atoms with Crippen LogP contribution in [0.1, 0.15) is 30.8 Å². The van der Waals surface area contributed by atoms with Crippen LogP contribution in [0, 0.1) is 0 Å². The fourth-order valence-electron chi connectivity index (χ4n) is 2.22. The van der Waals surface area contributed by atoms with Gasteiger partial charge < -0.3 is 19.6 Å². The molecule has 5 heteroatoms. The topological polar surface area (TPSA) is 71.7 Å². The van der Waals surface area contributed by atoms with Gasteiger partial charge in [0.15, 0.2) is 6.10 Å². The third-order valence-corrected chi connectivity index (χ3v) is 3.32. The molecule has 1 aromatic carbocycles. The summed E-state index contributed by atoms with van der Waals surface area (Å²) in [6, 6.07) is 8.63. The lowest BCUT2D eigenvalue weighted by molar-refractivity contribution is -0.123. The van der Waals surface area contributed by atoms with Crippen LogP contribution in [0.4, 0.5) is 5.69 Å². The molecule has 2 atom stereocenters. The molecule has 2 N–H and O–H groups in total. The van der Waals surface area contributed by atoms with Crippen LogP contribution >= 0.6 is 0 Å². The number of fused-ring (bicyclic) bond motifs is 1. The Labute approximate surface area is 116 Å². The SMILES string of the molecule is CC[C@H]1Oc2ccc([C@@H](O)c3ccco3)cc2NC1=O. The quantitative estimate of drug-likeness (QED) is 0.901. The standard InChI is InChI=1S/C15H15NO4/c1-2-11-15(18)16-10-8-9(5-6-12(10)20-11)14(17)13-4-3-7-19-13/h3-8,11,14,17H,2H2,1H3,(H,16,18)/t11-,14-/m1/s1. The van der Waals surface area contributed by atoms with Crippen molar-refractivity contribution in [1.29, 1.82) is 0 Å². The predicted octanol–water partition coefficient (Wildman–Crippen LogP) is 2.47. The van der Waals surface area contributed by atoms with Crippen molar-refractivity contribution in [1.82, 2.24) is 0 Å². The van der Waals surface area contributed by atoms with E-state index in [-0.39, 0.29) is 5.91 Å². The van der Waals surface area contributed by atoms with E-state index in [0.29, 0.717) is 29.2 Å². The van der Waals surface area contributed by atoms with Gasteiger partial charge in [0.25, 0.3) is 5.91 Å². The van der Waals surface area contributed by atoms with Gasteiger partial charge >= 0.3 is 0 Å². The van der Waals surface area contributed by atoms with E-state index in [0.717, 1.165) is 0 Å². The van der Waals surface area contributed by atoms with Gasteiger partial charge in [0.1, 0.15) is 17.6 Å². The summed E-state index contributed by atoms with van der Waals surface area (Å²) in [5.74, 6) is 0.913. The molecule has 1 amide bonds. The molecular formula is C15H15NO4. The van der Waals surface area contributed by atoms with Crippen molar-refractivity contribution in [2.24, 2.45) is 0 Å². The Balaban J connectivity index is 1.90. The molecule has 0 saturated heterocycles. The summed E-state index contributed by atoms with van der Waals surface area (Å²) >= 11 is 0. The van der Waals surface area contributed by atoms with E-state index in [4.69, 9.17) is 9.15 Å². The third-order valence-electron chi connectivity index (χ3n) is 3.32. The van der Waals surface area contributed by atoms with Gasteiger partial charge in [0.2, 0.25) is 0 Å². The number of furan rings is 1. The van der Waals surface area contributed by atoms with E-state index >= 15 is 0 Å². The Morgan fingerprint density at radius 2 is 2.25 bits per heavy atom. The number of hydrogen-bond donors (Lipinski definition) is 2. The maximum atomic E-state index is 11.8. The van der Waals surface area contributed by atoms with E-state index in [9.17, 15) is 9.90 Å². The summed E-state index contributed by atoms with van der Waals surface area (Å²) in [6.07, 6.45) is 0.801. The molecule has 20 heavy (non-hydrogen) atoms. The summed E-state index contributed by atoms with van der Waals surface area (Å²) in [7, 11) is 0. The predicted molar refractivity (Wildman–Crippen MR) is 72.5 cm³/mol. The number of carbonyl (C=O) groups is 1. The molecule has 0 bridgehead atoms. The Morgan fingerprint density at radius 3 is 2.95 bits per heavy atom. The molecule has 0 radical (unpaired) electrons. The minimum Gasteiger partial charge on any atom is -0.478 e. The molecule has 5 nitrogen and oxygen atoms in total. The largest absolute Gasteiger partial charge is 0.478 e. The second kappa shape index (κ2) is 5.02. The van der Waals surface area contributed by atoms with Gasteiger partial charge in [-0.2, -0.15) is 0 Å². The first-order valence-electron chi connectivity index (χ1n) is 6.52. The Bertz CT molecular complexity index is 621. The first-order valence-corrected chi connectivity index (χ1v) is 6.52. The minimum atomic E-state index is -0.865. The molecule has 0 fully saturated rings. The van der Waals surface area contributed by atoms with Crippen LogP contribution in [-0.4, -0.2) is 17.1 Å². The molecule has 1 aromatic heterocycles. The lowest BCUT2D eigenvalue weighted by Gasteiger charge is -2.25. The van der Waals surface area contributed by atoms with Gasteiger partial charge in [-0.05, 0) is 36.2 Å². The summed E-state index contributed by atoms with van der Waals surface area (Å²) in [4.78, 5) is 11.8. The number of nitrogens with one attached hydrogen (secondary N) is 1. The number of amides is 1. The summed E-state index contributed by atoms with van der Waals surface area (Å²) in [5, 5.41) is 13.0. The molecule has 3 rings (SSSR count). The summed E-state index contributed by atoms with van der Waals surface area (Å²) in [6.45, 7) is 1.89. The average molecular weight is 273 g/mol. The van der Waals surface area contributed by atoms with Crippen molar-refractivity contribution in [2.45, 2.75) is 25.6 Å². The molecule has 2 heterocycles. The van der Waals surface area contributed by atoms with Crippen LogP contribution in [0.15, 0.2) is 41.0 Å². The van der Waals surface area contributed by atoms with E-state index in [2.05, 4.69) is 5.32 Å². The van der Waals surface area contributed by atoms with E-state index in [1.807, 2.05) is 6.92 Å². The van der Waals surface area contributed by atoms with Crippen LogP contribution in [0.5, 0.6) is 5.75 Å². The Hall–Kier alpha value is -2.27. The average Bonchev–Trinajstić information content (AvgIpc) is 2.99. The fraction of sp³-hybridized carbons (Fsp3) is 0.267. The second-order valence-electron chi connectivity index (χ2n) is 4.68. The van der Waals surface area contributed by atoms with E-state index < -0.39 is 12.2 Å². The van der Waals surface area contributed by atoms with Crippen molar-refractivity contribution >= 4 is 11.6 Å². The number of benzene rings is 1. The molecule has 0 aliphatic carbocycles. The number of anilines is 1. The summed E-state index contributed by atoms with van der Waals surface area (Å²) < 4.78 is 10.8. The maximum absolute atomic E-state index is 11.8. The number of aliphatic hydroxyl groups is 1. The highest BCUT2D eigenvalue weighted by Crippen LogP contribution is 2.34. The van der Waals surface area contributed by atoms with Gasteiger partial charge in [0, 0.05) is 0 Å². The van der Waals surface area contributed by atoms with E-state index in [1.54, 1.807) is 30.3 Å². The third kappa shape index (κ3) is 2.16. The smallest absolute Gasteiger partial charge is 0.265 e. The van der Waals surface area contributed by atoms with E-state index in [1.165, 1.54) is 6.26 Å². The molecule has 2 aromatic rings. The second-order valence-corrected chi connectivity index (χ2v) is 4.68. The van der Waals surface area contributed by atoms with Gasteiger partial charge in [-0.1, -0.05) is 13.0 Å². The normalized spacial score (nSPS) is 18.9. The highest BCUT2D eigenvalue weighted by atomic mass is 16.5.